The average molecular weight is 252 g/mol. The van der Waals surface area contributed by atoms with Gasteiger partial charge < -0.3 is 10.6 Å². The Balaban J connectivity index is 2.34. The molecule has 0 radical (unpaired) electrons. The number of nitrogens with zero attached hydrogens (tertiary/aromatic N) is 1. The molecular weight excluding hydrogens is 227 g/mol. The van der Waals surface area contributed by atoms with Gasteiger partial charge in [-0.25, -0.2) is 4.39 Å². The first kappa shape index (κ1) is 15.1. The molecule has 0 unspecified atom stereocenters. The lowest BCUT2D eigenvalue weighted by Crippen LogP contribution is -2.30. The summed E-state index contributed by atoms with van der Waals surface area (Å²) < 4.78 is 13.4. The molecule has 3 heteroatoms. The van der Waals surface area contributed by atoms with E-state index in [1.807, 2.05) is 12.1 Å². The normalized spacial score (nSPS) is 12.1. The first-order chi connectivity index (χ1) is 8.44. The second-order valence-electron chi connectivity index (χ2n) is 5.76. The molecule has 0 amide bonds. The van der Waals surface area contributed by atoms with Crippen molar-refractivity contribution in [3.8, 4) is 0 Å². The minimum absolute atomic E-state index is 0.104. The molecule has 0 aliphatic carbocycles. The molecule has 2 N–H and O–H groups in total. The molecule has 102 valence electrons. The summed E-state index contributed by atoms with van der Waals surface area (Å²) in [4.78, 5) is 2.24. The Hall–Kier alpha value is -0.930. The van der Waals surface area contributed by atoms with Gasteiger partial charge in [0.2, 0.25) is 0 Å². The first-order valence-corrected chi connectivity index (χ1v) is 6.56. The van der Waals surface area contributed by atoms with E-state index in [-0.39, 0.29) is 11.2 Å². The Bertz CT molecular complexity index is 363. The molecule has 0 fully saturated rings. The summed E-state index contributed by atoms with van der Waals surface area (Å²) in [5, 5.41) is 0. The van der Waals surface area contributed by atoms with Crippen LogP contribution in [-0.4, -0.2) is 31.6 Å². The Morgan fingerprint density at radius 2 is 1.89 bits per heavy atom. The van der Waals surface area contributed by atoms with E-state index in [1.165, 1.54) is 6.07 Å². The molecule has 18 heavy (non-hydrogen) atoms. The lowest BCUT2D eigenvalue weighted by molar-refractivity contribution is 0.255. The Morgan fingerprint density at radius 3 is 2.50 bits per heavy atom. The summed E-state index contributed by atoms with van der Waals surface area (Å²) in [6.07, 6.45) is 1.82. The number of hydrogen-bond donors (Lipinski definition) is 1. The van der Waals surface area contributed by atoms with Crippen LogP contribution in [-0.2, 0) is 6.42 Å². The summed E-state index contributed by atoms with van der Waals surface area (Å²) >= 11 is 0. The summed E-state index contributed by atoms with van der Waals surface area (Å²) in [7, 11) is 2.08. The van der Waals surface area contributed by atoms with E-state index < -0.39 is 0 Å². The zero-order valence-corrected chi connectivity index (χ0v) is 11.7. The molecule has 2 nitrogen and oxygen atoms in total. The number of likely N-dealkylation sites (N-methyl/N-ethyl adjacent to an activating group) is 1. The molecular formula is C15H25FN2. The second kappa shape index (κ2) is 6.86. The van der Waals surface area contributed by atoms with E-state index in [4.69, 9.17) is 5.73 Å². The van der Waals surface area contributed by atoms with Crippen LogP contribution in [0.3, 0.4) is 0 Å². The second-order valence-corrected chi connectivity index (χ2v) is 5.76. The van der Waals surface area contributed by atoms with E-state index >= 15 is 0 Å². The molecule has 0 bridgehead atoms. The van der Waals surface area contributed by atoms with Crippen LogP contribution < -0.4 is 5.73 Å². The molecule has 0 aliphatic heterocycles. The molecule has 1 aromatic carbocycles. The van der Waals surface area contributed by atoms with Crippen LogP contribution in [0, 0.1) is 11.2 Å². The van der Waals surface area contributed by atoms with Crippen LogP contribution in [0.5, 0.6) is 0 Å². The molecule has 1 aromatic rings. The lowest BCUT2D eigenvalue weighted by Gasteiger charge is -2.26. The SMILES string of the molecule is CN(CCc1ccccc1F)CCC(C)(C)CN. The van der Waals surface area contributed by atoms with Gasteiger partial charge in [0.25, 0.3) is 0 Å². The summed E-state index contributed by atoms with van der Waals surface area (Å²) in [6, 6.07) is 6.99. The third-order valence-electron chi connectivity index (χ3n) is 3.44. The summed E-state index contributed by atoms with van der Waals surface area (Å²) in [5.41, 5.74) is 6.69. The zero-order valence-electron chi connectivity index (χ0n) is 11.7. The Labute approximate surface area is 110 Å². The van der Waals surface area contributed by atoms with Crippen molar-refractivity contribution in [1.29, 1.82) is 0 Å². The van der Waals surface area contributed by atoms with E-state index in [0.717, 1.165) is 31.5 Å². The van der Waals surface area contributed by atoms with Gasteiger partial charge in [-0.1, -0.05) is 32.0 Å². The van der Waals surface area contributed by atoms with Crippen molar-refractivity contribution in [3.63, 3.8) is 0 Å². The quantitative estimate of drug-likeness (QED) is 0.808. The highest BCUT2D eigenvalue weighted by Crippen LogP contribution is 2.18. The van der Waals surface area contributed by atoms with Crippen molar-refractivity contribution >= 4 is 0 Å². The van der Waals surface area contributed by atoms with Crippen molar-refractivity contribution < 1.29 is 4.39 Å². The van der Waals surface area contributed by atoms with Gasteiger partial charge in [0, 0.05) is 6.54 Å². The van der Waals surface area contributed by atoms with Crippen LogP contribution in [0.15, 0.2) is 24.3 Å². The maximum atomic E-state index is 13.4. The topological polar surface area (TPSA) is 29.3 Å². The van der Waals surface area contributed by atoms with Gasteiger partial charge >= 0.3 is 0 Å². The number of rotatable bonds is 7. The third-order valence-corrected chi connectivity index (χ3v) is 3.44. The van der Waals surface area contributed by atoms with Gasteiger partial charge in [-0.15, -0.1) is 0 Å². The van der Waals surface area contributed by atoms with Crippen molar-refractivity contribution in [2.24, 2.45) is 11.1 Å². The highest BCUT2D eigenvalue weighted by atomic mass is 19.1. The first-order valence-electron chi connectivity index (χ1n) is 6.56. The number of hydrogen-bond acceptors (Lipinski definition) is 2. The molecule has 1 rings (SSSR count). The van der Waals surface area contributed by atoms with E-state index in [1.54, 1.807) is 6.07 Å². The fraction of sp³-hybridized carbons (Fsp3) is 0.600. The maximum Gasteiger partial charge on any atom is 0.126 e. The van der Waals surface area contributed by atoms with Crippen LogP contribution in [0.4, 0.5) is 4.39 Å². The molecule has 0 saturated carbocycles. The van der Waals surface area contributed by atoms with Crippen LogP contribution in [0.1, 0.15) is 25.8 Å². The largest absolute Gasteiger partial charge is 0.330 e. The van der Waals surface area contributed by atoms with E-state index in [2.05, 4.69) is 25.8 Å². The van der Waals surface area contributed by atoms with Gasteiger partial charge in [-0.3, -0.25) is 0 Å². The highest BCUT2D eigenvalue weighted by molar-refractivity contribution is 5.17. The highest BCUT2D eigenvalue weighted by Gasteiger charge is 2.16. The number of nitrogens with two attached hydrogens (primary N) is 1. The molecule has 0 aliphatic rings. The van der Waals surface area contributed by atoms with E-state index in [0.29, 0.717) is 6.54 Å². The summed E-state index contributed by atoms with van der Waals surface area (Å²) in [6.45, 7) is 6.93. The van der Waals surface area contributed by atoms with Gasteiger partial charge in [0.15, 0.2) is 0 Å². The predicted octanol–water partition coefficient (Wildman–Crippen LogP) is 2.68. The number of benzene rings is 1. The number of halogens is 1. The van der Waals surface area contributed by atoms with Gasteiger partial charge in [0.1, 0.15) is 5.82 Å². The minimum Gasteiger partial charge on any atom is -0.330 e. The van der Waals surface area contributed by atoms with Crippen molar-refractivity contribution in [3.05, 3.63) is 35.6 Å². The summed E-state index contributed by atoms with van der Waals surface area (Å²) in [5.74, 6) is -0.104. The monoisotopic (exact) mass is 252 g/mol. The molecule has 0 saturated heterocycles. The Kier molecular flexibility index (Phi) is 5.76. The van der Waals surface area contributed by atoms with Gasteiger partial charge in [-0.05, 0) is 50.0 Å². The van der Waals surface area contributed by atoms with Gasteiger partial charge in [-0.2, -0.15) is 0 Å². The smallest absolute Gasteiger partial charge is 0.126 e. The fourth-order valence-corrected chi connectivity index (χ4v) is 1.72. The molecule has 0 heterocycles. The molecule has 0 aromatic heterocycles. The van der Waals surface area contributed by atoms with Crippen molar-refractivity contribution in [2.75, 3.05) is 26.7 Å². The van der Waals surface area contributed by atoms with Crippen LogP contribution in [0.25, 0.3) is 0 Å². The average Bonchev–Trinajstić information content (AvgIpc) is 2.35. The zero-order chi connectivity index (χ0) is 13.6. The Morgan fingerprint density at radius 1 is 1.22 bits per heavy atom. The van der Waals surface area contributed by atoms with E-state index in [9.17, 15) is 4.39 Å². The lowest BCUT2D eigenvalue weighted by atomic mass is 9.89. The van der Waals surface area contributed by atoms with Crippen LogP contribution in [0.2, 0.25) is 0 Å². The predicted molar refractivity (Wildman–Crippen MR) is 75.1 cm³/mol. The van der Waals surface area contributed by atoms with Crippen molar-refractivity contribution in [1.82, 2.24) is 4.90 Å². The fourth-order valence-electron chi connectivity index (χ4n) is 1.72. The van der Waals surface area contributed by atoms with Crippen molar-refractivity contribution in [2.45, 2.75) is 26.7 Å². The minimum atomic E-state index is -0.104. The van der Waals surface area contributed by atoms with Gasteiger partial charge in [0.05, 0.1) is 0 Å². The third kappa shape index (κ3) is 5.15. The van der Waals surface area contributed by atoms with Crippen LogP contribution >= 0.6 is 0 Å². The maximum absolute atomic E-state index is 13.4. The molecule has 0 atom stereocenters. The molecule has 0 spiro atoms. The standard InChI is InChI=1S/C15H25FN2/c1-15(2,12-17)9-11-18(3)10-8-13-6-4-5-7-14(13)16/h4-7H,8-12,17H2,1-3H3.